The highest BCUT2D eigenvalue weighted by Gasteiger charge is 2.73. The molecule has 4 rings (SSSR count). The molecule has 2 amide bonds. The predicted molar refractivity (Wildman–Crippen MR) is 156 cm³/mol. The second-order valence-electron chi connectivity index (χ2n) is 11.4. The number of primary amides is 1. The van der Waals surface area contributed by atoms with Crippen LogP contribution in [-0.4, -0.2) is 23.4 Å². The first-order chi connectivity index (χ1) is 27.3. The van der Waals surface area contributed by atoms with Gasteiger partial charge >= 0.3 is 8.73 Å². The minimum absolute atomic E-state index is 0.428. The van der Waals surface area contributed by atoms with Gasteiger partial charge in [-0.3, -0.25) is 10.1 Å². The maximum atomic E-state index is 15.8. The molecule has 4 nitrogen and oxygen atoms in total. The Kier molecular flexibility index (Phi) is 2.80. The first-order valence-electron chi connectivity index (χ1n) is 25.6. The Bertz CT molecular complexity index is 2050. The van der Waals surface area contributed by atoms with Crippen LogP contribution >= 0.6 is 0 Å². The van der Waals surface area contributed by atoms with Crippen LogP contribution in [0.25, 0.3) is 0 Å². The summed E-state index contributed by atoms with van der Waals surface area (Å²) in [6.45, 7) is 4.08. The summed E-state index contributed by atoms with van der Waals surface area (Å²) in [5, 5.41) is -3.85. The molecule has 3 aliphatic carbocycles. The number of nitrogens with two attached hydrogens (primary N) is 1. The van der Waals surface area contributed by atoms with Crippen molar-refractivity contribution in [1.82, 2.24) is 5.31 Å². The summed E-state index contributed by atoms with van der Waals surface area (Å²) in [7, 11) is 0. The van der Waals surface area contributed by atoms with Gasteiger partial charge in [0, 0.05) is 53.4 Å². The van der Waals surface area contributed by atoms with Crippen LogP contribution in [0.15, 0.2) is 11.1 Å². The van der Waals surface area contributed by atoms with E-state index in [0.717, 1.165) is 41.5 Å². The van der Waals surface area contributed by atoms with E-state index in [-0.39, 0.29) is 0 Å². The van der Waals surface area contributed by atoms with Crippen molar-refractivity contribution in [3.63, 3.8) is 0 Å². The van der Waals surface area contributed by atoms with E-state index >= 15 is 4.79 Å². The number of amides is 2. The van der Waals surface area contributed by atoms with E-state index in [1.54, 1.807) is 0 Å². The molecule has 3 N–H and O–H groups in total. The van der Waals surface area contributed by atoms with Crippen LogP contribution < -0.4 is 10.6 Å². The first kappa shape index (κ1) is 10.9. The summed E-state index contributed by atoms with van der Waals surface area (Å²) in [6.07, 6.45) is -26.1. The molecule has 1 heterocycles. The Morgan fingerprint density at radius 1 is 1.29 bits per heavy atom. The Labute approximate surface area is 270 Å². The maximum absolute atomic E-state index is 15.8. The molecule has 0 aromatic heterocycles. The lowest BCUT2D eigenvalue weighted by Crippen LogP contribution is -2.99. The summed E-state index contributed by atoms with van der Waals surface area (Å²) < 4.78 is 249. The van der Waals surface area contributed by atoms with Crippen molar-refractivity contribution >= 4 is 11.8 Å². The van der Waals surface area contributed by atoms with Crippen molar-refractivity contribution in [2.45, 2.75) is 133 Å². The number of hydrogen-bond donors (Lipinski definition) is 2. The molecule has 3 saturated carbocycles. The molecule has 0 saturated heterocycles. The number of nitrogens with one attached hydrogen (secondary N) is 1. The van der Waals surface area contributed by atoms with Gasteiger partial charge in [-0.2, -0.15) is 0 Å². The smallest absolute Gasteiger partial charge is 0.350 e. The lowest BCUT2D eigenvalue weighted by atomic mass is 9.35. The van der Waals surface area contributed by atoms with E-state index in [4.69, 9.17) is 11.0 Å². The number of carbonyl (C=O) groups is 2. The molecule has 0 bridgehead atoms. The van der Waals surface area contributed by atoms with Crippen molar-refractivity contribution in [2.75, 3.05) is 0 Å². The Balaban J connectivity index is 2.63. The zero-order chi connectivity index (χ0) is 51.9. The van der Waals surface area contributed by atoms with E-state index in [0.29, 0.717) is 34.6 Å². The highest BCUT2D eigenvalue weighted by atomic mass is 16.2. The van der Waals surface area contributed by atoms with Crippen molar-refractivity contribution in [2.24, 2.45) is 57.5 Å². The molecule has 2 unspecified atom stereocenters. The normalized spacial score (nSPS) is 71.9. The lowest BCUT2D eigenvalue weighted by Gasteiger charge is -2.69. The molecule has 0 radical (unpaired) electrons. The van der Waals surface area contributed by atoms with Crippen LogP contribution in [0.3, 0.4) is 0 Å². The summed E-state index contributed by atoms with van der Waals surface area (Å²) in [5.41, 5.74) is -16.6. The average Bonchev–Trinajstić information content (AvgIpc) is 3.13. The third-order valence-electron chi connectivity index (χ3n) is 9.20. The number of rotatable bonds is 6. The van der Waals surface area contributed by atoms with Gasteiger partial charge < -0.3 is 5.31 Å². The van der Waals surface area contributed by atoms with Crippen LogP contribution in [0.1, 0.15) is 153 Å². The fourth-order valence-electron chi connectivity index (χ4n) is 6.51. The van der Waals surface area contributed by atoms with E-state index in [1.165, 1.54) is 0 Å². The number of carbonyl (C=O) groups excluding carboxylic acids is 2. The molecular weight excluding hydrogens is 468 g/mol. The Morgan fingerprint density at radius 2 is 1.95 bits per heavy atom. The summed E-state index contributed by atoms with van der Waals surface area (Å²) >= 11 is 0. The van der Waals surface area contributed by atoms with E-state index in [1.807, 2.05) is 0 Å². The third-order valence-corrected chi connectivity index (χ3v) is 9.20. The standard InChI is InChI=1S/C34H58N2O2/c1-13-32(12,19(3)4)36-30(38)26-17-16-25-24-15-18-27-34(20(5)6,22(8)21(7)29(37)35-27)28(24)23(9)31(10,11)33(25,26)14-2/h19-20,23-28H,13-18H2,1-12H3,(H,35,37)(H,36,38)/p+1/t23?,24-,25-,26+,27+,28-,32?,33-,34-/m0/s1/i12D3,13D2,14D2,15D2,16D2,17D2,18D2,19D,20D,23D,24D,25D,26D,27D,28D/hD3. The number of fused-ring (bicyclic) bond motifs is 5. The Hall–Kier alpha value is -1.16. The van der Waals surface area contributed by atoms with E-state index in [2.05, 4.69) is 0 Å². The highest BCUT2D eigenvalue weighted by molar-refractivity contribution is 5.87. The van der Waals surface area contributed by atoms with Gasteiger partial charge in [-0.25, -0.2) is 4.79 Å². The number of quaternary nitrogens is 1. The Morgan fingerprint density at radius 3 is 2.47 bits per heavy atom. The maximum Gasteiger partial charge on any atom is 0.355 e. The van der Waals surface area contributed by atoms with Gasteiger partial charge in [0.05, 0.1) is 6.94 Å². The lowest BCUT2D eigenvalue weighted by molar-refractivity contribution is -0.630. The second-order valence-corrected chi connectivity index (χ2v) is 11.4. The second kappa shape index (κ2) is 9.74. The quantitative estimate of drug-likeness (QED) is 0.394. The van der Waals surface area contributed by atoms with Crippen molar-refractivity contribution in [1.29, 1.82) is 0 Å². The van der Waals surface area contributed by atoms with Crippen LogP contribution in [0.5, 0.6) is 0 Å². The number of hydrogen-bond acceptors (Lipinski definition) is 2. The largest absolute Gasteiger partial charge is 0.355 e. The van der Waals surface area contributed by atoms with Crippen molar-refractivity contribution < 1.29 is 50.7 Å². The van der Waals surface area contributed by atoms with Crippen LogP contribution in [-0.2, 0) is 9.59 Å². The average molecular weight is 554 g/mol. The molecular formula is C34H59N2O2+. The zero-order valence-corrected chi connectivity index (χ0v) is 24.2. The minimum atomic E-state index is -4.79. The summed E-state index contributed by atoms with van der Waals surface area (Å²) in [6, 6.07) is -4.23. The van der Waals surface area contributed by atoms with Gasteiger partial charge in [-0.05, 0) is 104 Å². The topological polar surface area (TPSA) is 62.8 Å². The molecule has 4 heteroatoms. The SMILES string of the molecule is [2H]N(C(=O)[C@@]1([2H])C([2H])([2H])C([2H])([2H])[C@@]2([2H])[C@]3([2H])C([2H])([2H])C([2H])([2H])[C@]4([2H])[C@](C([2H])(C)C)(C(C)=C(C)C(=O)[N+]4([2H])[2H])[C@@]3([2H])C([2H])(C)C(C)(C)[C@@]21C([2H])([2H])C)C(C([2H])([2H])[2H])(C([2H])([2H])C)C([2H])(C)C. The molecule has 1 aliphatic heterocycles. The fourth-order valence-corrected chi connectivity index (χ4v) is 6.51. The molecule has 9 atom stereocenters. The van der Waals surface area contributed by atoms with E-state index < -0.39 is 148 Å². The molecule has 4 aliphatic rings. The van der Waals surface area contributed by atoms with Crippen LogP contribution in [0.2, 0.25) is 4.24 Å². The first-order valence-corrected chi connectivity index (χ1v) is 12.8. The van der Waals surface area contributed by atoms with Gasteiger partial charge in [0.25, 0.3) is 0 Å². The fraction of sp³-hybridized carbons (Fsp3) is 0.882. The van der Waals surface area contributed by atoms with Gasteiger partial charge in [-0.1, -0.05) is 62.3 Å². The molecule has 0 spiro atoms. The highest BCUT2D eigenvalue weighted by Crippen LogP contribution is 2.75. The van der Waals surface area contributed by atoms with Crippen molar-refractivity contribution in [3.8, 4) is 0 Å². The molecule has 3 fully saturated rings. The minimum Gasteiger partial charge on any atom is -0.350 e. The monoisotopic (exact) mass is 554 g/mol. The van der Waals surface area contributed by atoms with Gasteiger partial charge in [0.1, 0.15) is 6.02 Å². The molecule has 0 aromatic carbocycles. The third kappa shape index (κ3) is 3.63. The van der Waals surface area contributed by atoms with E-state index in [9.17, 15) is 29.5 Å². The van der Waals surface area contributed by atoms with Crippen LogP contribution in [0.4, 0.5) is 0 Å². The molecule has 38 heavy (non-hydrogen) atoms. The summed E-state index contributed by atoms with van der Waals surface area (Å²) in [4.78, 5) is 29.8. The molecule has 0 aromatic rings. The van der Waals surface area contributed by atoms with Gasteiger partial charge in [-0.15, -0.1) is 0 Å². The zero-order valence-electron chi connectivity index (χ0n) is 50.2. The van der Waals surface area contributed by atoms with Gasteiger partial charge in [0.2, 0.25) is 5.91 Å². The summed E-state index contributed by atoms with van der Waals surface area (Å²) in [5.74, 6) is -32.2. The predicted octanol–water partition coefficient (Wildman–Crippen LogP) is 6.50. The van der Waals surface area contributed by atoms with Gasteiger partial charge in [0.15, 0.2) is 1.41 Å². The van der Waals surface area contributed by atoms with Crippen molar-refractivity contribution in [3.05, 3.63) is 11.1 Å². The molecule has 216 valence electrons. The van der Waals surface area contributed by atoms with Crippen LogP contribution in [0, 0.1) is 57.5 Å².